The maximum absolute atomic E-state index is 11.2. The third-order valence-corrected chi connectivity index (χ3v) is 2.38. The van der Waals surface area contributed by atoms with E-state index in [1.165, 1.54) is 25.7 Å². The van der Waals surface area contributed by atoms with Crippen molar-refractivity contribution in [2.75, 3.05) is 18.8 Å². The lowest BCUT2D eigenvalue weighted by atomic mass is 10.1. The zero-order valence-electron chi connectivity index (χ0n) is 9.83. The number of allylic oxidation sites excluding steroid dienone is 1. The van der Waals surface area contributed by atoms with Crippen LogP contribution in [0.25, 0.3) is 0 Å². The summed E-state index contributed by atoms with van der Waals surface area (Å²) in [5.74, 6) is 0.662. The van der Waals surface area contributed by atoms with Crippen LogP contribution in [-0.4, -0.2) is 24.6 Å². The van der Waals surface area contributed by atoms with Crippen molar-refractivity contribution in [2.45, 2.75) is 39.0 Å². The first-order valence-electron chi connectivity index (χ1n) is 5.57. The van der Waals surface area contributed by atoms with E-state index in [-0.39, 0.29) is 12.4 Å². The van der Waals surface area contributed by atoms with Gasteiger partial charge in [-0.15, -0.1) is 11.8 Å². The van der Waals surface area contributed by atoms with Crippen molar-refractivity contribution >= 4 is 17.5 Å². The van der Waals surface area contributed by atoms with Crippen molar-refractivity contribution in [1.29, 1.82) is 0 Å². The molecular formula is C12H22O2S. The maximum atomic E-state index is 11.2. The molecule has 0 saturated heterocycles. The number of hydrogen-bond acceptors (Lipinski definition) is 3. The van der Waals surface area contributed by atoms with Gasteiger partial charge < -0.3 is 4.74 Å². The molecule has 0 aromatic heterocycles. The lowest BCUT2D eigenvalue weighted by Gasteiger charge is -1.97. The number of carbonyl (C=O) groups excluding carboxylic acids is 1. The molecule has 0 aromatic carbocycles. The van der Waals surface area contributed by atoms with Crippen LogP contribution in [0, 0.1) is 0 Å². The van der Waals surface area contributed by atoms with E-state index >= 15 is 0 Å². The SMILES string of the molecule is CCCCCC/C=C/C(=O)COCSC. The summed E-state index contributed by atoms with van der Waals surface area (Å²) in [7, 11) is 0. The molecular weight excluding hydrogens is 208 g/mol. The van der Waals surface area contributed by atoms with Gasteiger partial charge in [-0.2, -0.15) is 0 Å². The molecule has 2 nitrogen and oxygen atoms in total. The molecule has 0 saturated carbocycles. The van der Waals surface area contributed by atoms with Crippen molar-refractivity contribution in [2.24, 2.45) is 0 Å². The summed E-state index contributed by atoms with van der Waals surface area (Å²) in [6.07, 6.45) is 11.6. The highest BCUT2D eigenvalue weighted by Crippen LogP contribution is 2.02. The molecule has 0 rings (SSSR count). The number of unbranched alkanes of at least 4 members (excludes halogenated alkanes) is 4. The van der Waals surface area contributed by atoms with Crippen LogP contribution in [0.5, 0.6) is 0 Å². The molecule has 0 bridgehead atoms. The van der Waals surface area contributed by atoms with Gasteiger partial charge in [-0.25, -0.2) is 0 Å². The van der Waals surface area contributed by atoms with E-state index in [2.05, 4.69) is 6.92 Å². The van der Waals surface area contributed by atoms with Crippen LogP contribution in [0.4, 0.5) is 0 Å². The van der Waals surface area contributed by atoms with Gasteiger partial charge in [0.15, 0.2) is 5.78 Å². The summed E-state index contributed by atoms with van der Waals surface area (Å²) in [4.78, 5) is 11.2. The summed E-state index contributed by atoms with van der Waals surface area (Å²) >= 11 is 1.58. The van der Waals surface area contributed by atoms with Crippen molar-refractivity contribution in [3.05, 3.63) is 12.2 Å². The summed E-state index contributed by atoms with van der Waals surface area (Å²) in [6, 6.07) is 0. The molecule has 0 aliphatic heterocycles. The summed E-state index contributed by atoms with van der Waals surface area (Å²) in [5, 5.41) is 0. The van der Waals surface area contributed by atoms with Crippen LogP contribution in [0.1, 0.15) is 39.0 Å². The smallest absolute Gasteiger partial charge is 0.181 e. The van der Waals surface area contributed by atoms with Crippen molar-refractivity contribution in [3.63, 3.8) is 0 Å². The minimum atomic E-state index is 0.0690. The van der Waals surface area contributed by atoms with E-state index in [1.54, 1.807) is 17.8 Å². The van der Waals surface area contributed by atoms with Crippen LogP contribution in [0.15, 0.2) is 12.2 Å². The second-order valence-electron chi connectivity index (χ2n) is 3.47. The fourth-order valence-corrected chi connectivity index (χ4v) is 1.43. The van der Waals surface area contributed by atoms with Crippen LogP contribution in [0.2, 0.25) is 0 Å². The van der Waals surface area contributed by atoms with Gasteiger partial charge in [0.1, 0.15) is 6.61 Å². The third-order valence-electron chi connectivity index (χ3n) is 1.97. The van der Waals surface area contributed by atoms with Crippen molar-refractivity contribution in [1.82, 2.24) is 0 Å². The van der Waals surface area contributed by atoms with Crippen molar-refractivity contribution < 1.29 is 9.53 Å². The Hall–Kier alpha value is -0.280. The molecule has 0 spiro atoms. The van der Waals surface area contributed by atoms with E-state index in [0.29, 0.717) is 5.94 Å². The fraction of sp³-hybridized carbons (Fsp3) is 0.750. The van der Waals surface area contributed by atoms with Gasteiger partial charge in [0.05, 0.1) is 5.94 Å². The molecule has 0 aromatic rings. The van der Waals surface area contributed by atoms with Crippen LogP contribution in [-0.2, 0) is 9.53 Å². The topological polar surface area (TPSA) is 26.3 Å². The van der Waals surface area contributed by atoms with Crippen LogP contribution >= 0.6 is 11.8 Å². The average molecular weight is 230 g/mol. The molecule has 0 radical (unpaired) electrons. The molecule has 0 unspecified atom stereocenters. The molecule has 0 N–H and O–H groups in total. The first-order valence-corrected chi connectivity index (χ1v) is 6.96. The highest BCUT2D eigenvalue weighted by Gasteiger charge is 1.95. The standard InChI is InChI=1S/C12H22O2S/c1-3-4-5-6-7-8-9-12(13)10-14-11-15-2/h8-9H,3-7,10-11H2,1-2H3/b9-8+. The van der Waals surface area contributed by atoms with Gasteiger partial charge >= 0.3 is 0 Å². The number of rotatable bonds is 10. The van der Waals surface area contributed by atoms with Gasteiger partial charge in [-0.05, 0) is 25.2 Å². The average Bonchev–Trinajstić information content (AvgIpc) is 2.23. The number of ether oxygens (including phenoxy) is 1. The largest absolute Gasteiger partial charge is 0.363 e. The van der Waals surface area contributed by atoms with Crippen molar-refractivity contribution in [3.8, 4) is 0 Å². The zero-order valence-corrected chi connectivity index (χ0v) is 10.6. The Morgan fingerprint density at radius 3 is 2.80 bits per heavy atom. The van der Waals surface area contributed by atoms with E-state index in [4.69, 9.17) is 4.74 Å². The van der Waals surface area contributed by atoms with Gasteiger partial charge in [-0.3, -0.25) is 4.79 Å². The highest BCUT2D eigenvalue weighted by molar-refractivity contribution is 7.98. The summed E-state index contributed by atoms with van der Waals surface area (Å²) < 4.78 is 5.10. The fourth-order valence-electron chi connectivity index (χ4n) is 1.18. The normalized spacial score (nSPS) is 11.1. The Morgan fingerprint density at radius 2 is 2.13 bits per heavy atom. The molecule has 88 valence electrons. The highest BCUT2D eigenvalue weighted by atomic mass is 32.2. The predicted molar refractivity (Wildman–Crippen MR) is 67.2 cm³/mol. The molecule has 0 aliphatic carbocycles. The zero-order chi connectivity index (χ0) is 11.4. The summed E-state index contributed by atoms with van der Waals surface area (Å²) in [6.45, 7) is 2.41. The minimum absolute atomic E-state index is 0.0690. The Labute approximate surface area is 97.5 Å². The lowest BCUT2D eigenvalue weighted by Crippen LogP contribution is -2.04. The quantitative estimate of drug-likeness (QED) is 0.327. The first-order chi connectivity index (χ1) is 7.31. The van der Waals surface area contributed by atoms with Gasteiger partial charge in [0.2, 0.25) is 0 Å². The van der Waals surface area contributed by atoms with E-state index in [1.807, 2.05) is 12.3 Å². The molecule has 0 atom stereocenters. The second-order valence-corrected chi connectivity index (χ2v) is 4.29. The monoisotopic (exact) mass is 230 g/mol. The van der Waals surface area contributed by atoms with E-state index in [0.717, 1.165) is 6.42 Å². The van der Waals surface area contributed by atoms with Gasteiger partial charge in [0, 0.05) is 0 Å². The molecule has 0 heterocycles. The molecule has 0 aliphatic rings. The lowest BCUT2D eigenvalue weighted by molar-refractivity contribution is -0.118. The Bertz CT molecular complexity index is 178. The predicted octanol–water partition coefficient (Wildman–Crippen LogP) is 3.42. The number of ketones is 1. The molecule has 0 fully saturated rings. The van der Waals surface area contributed by atoms with Gasteiger partial charge in [0.25, 0.3) is 0 Å². The Balaban J connectivity index is 3.30. The number of hydrogen-bond donors (Lipinski definition) is 0. The molecule has 3 heteroatoms. The Kier molecular flexibility index (Phi) is 11.6. The van der Waals surface area contributed by atoms with Crippen LogP contribution < -0.4 is 0 Å². The van der Waals surface area contributed by atoms with Gasteiger partial charge in [-0.1, -0.05) is 32.3 Å². The van der Waals surface area contributed by atoms with E-state index < -0.39 is 0 Å². The third kappa shape index (κ3) is 11.6. The second kappa shape index (κ2) is 11.8. The number of thioether (sulfide) groups is 1. The summed E-state index contributed by atoms with van der Waals surface area (Å²) in [5.41, 5.74) is 0. The first kappa shape index (κ1) is 14.7. The minimum Gasteiger partial charge on any atom is -0.363 e. The van der Waals surface area contributed by atoms with E-state index in [9.17, 15) is 4.79 Å². The Morgan fingerprint density at radius 1 is 1.33 bits per heavy atom. The van der Waals surface area contributed by atoms with Crippen LogP contribution in [0.3, 0.4) is 0 Å². The number of carbonyl (C=O) groups is 1. The maximum Gasteiger partial charge on any atom is 0.181 e. The molecule has 0 amide bonds. The molecule has 15 heavy (non-hydrogen) atoms.